The molecule has 0 spiro atoms. The van der Waals surface area contributed by atoms with Crippen LogP contribution in [0.3, 0.4) is 0 Å². The van der Waals surface area contributed by atoms with Gasteiger partial charge in [-0.1, -0.05) is 12.1 Å². The van der Waals surface area contributed by atoms with Gasteiger partial charge in [0.15, 0.2) is 23.0 Å². The minimum atomic E-state index is -0.387. The molecule has 2 atom stereocenters. The first kappa shape index (κ1) is 24.1. The van der Waals surface area contributed by atoms with Crippen molar-refractivity contribution in [2.24, 2.45) is 5.73 Å². The van der Waals surface area contributed by atoms with Crippen molar-refractivity contribution in [2.75, 3.05) is 34.9 Å². The smallest absolute Gasteiger partial charge is 0.307 e. The van der Waals surface area contributed by atoms with E-state index in [4.69, 9.17) is 24.7 Å². The molecule has 0 saturated heterocycles. The number of ether oxygens (including phenoxy) is 6. The van der Waals surface area contributed by atoms with Gasteiger partial charge in [0.05, 0.1) is 27.1 Å². The molecule has 0 aromatic heterocycles. The summed E-state index contributed by atoms with van der Waals surface area (Å²) < 4.78 is 30.2. The van der Waals surface area contributed by atoms with Gasteiger partial charge in [-0.25, -0.2) is 0 Å². The van der Waals surface area contributed by atoms with Crippen LogP contribution < -0.4 is 30.0 Å². The van der Waals surface area contributed by atoms with Crippen molar-refractivity contribution in [1.82, 2.24) is 5.32 Å². The molecule has 10 heteroatoms. The van der Waals surface area contributed by atoms with Gasteiger partial charge in [0.2, 0.25) is 13.6 Å². The number of nitrogens with one attached hydrogen (secondary N) is 1. The molecule has 178 valence electrons. The predicted octanol–water partition coefficient (Wildman–Crippen LogP) is 2.22. The molecule has 3 N–H and O–H groups in total. The van der Waals surface area contributed by atoms with E-state index >= 15 is 0 Å². The molecule has 2 aromatic rings. The van der Waals surface area contributed by atoms with Crippen LogP contribution >= 0.6 is 0 Å². The van der Waals surface area contributed by atoms with Crippen molar-refractivity contribution in [1.29, 1.82) is 0 Å². The Labute approximate surface area is 191 Å². The van der Waals surface area contributed by atoms with Crippen molar-refractivity contribution in [3.05, 3.63) is 47.5 Å². The predicted molar refractivity (Wildman–Crippen MR) is 117 cm³/mol. The molecule has 0 saturated carbocycles. The van der Waals surface area contributed by atoms with E-state index in [1.165, 1.54) is 14.2 Å². The summed E-state index contributed by atoms with van der Waals surface area (Å²) in [4.78, 5) is 22.3. The van der Waals surface area contributed by atoms with Crippen molar-refractivity contribution in [3.63, 3.8) is 0 Å². The van der Waals surface area contributed by atoms with E-state index in [1.807, 2.05) is 24.3 Å². The molecule has 0 fully saturated rings. The lowest BCUT2D eigenvalue weighted by molar-refractivity contribution is -0.142. The summed E-state index contributed by atoms with van der Waals surface area (Å²) in [7, 11) is 4.53. The van der Waals surface area contributed by atoms with Gasteiger partial charge in [0.25, 0.3) is 0 Å². The van der Waals surface area contributed by atoms with Crippen molar-refractivity contribution < 1.29 is 38.0 Å². The van der Waals surface area contributed by atoms with Gasteiger partial charge in [-0.15, -0.1) is 0 Å². The van der Waals surface area contributed by atoms with E-state index in [0.29, 0.717) is 17.2 Å². The third-order valence-corrected chi connectivity index (χ3v) is 5.18. The number of methoxy groups -OCH3 is 2. The highest BCUT2D eigenvalue weighted by Gasteiger charge is 2.20. The van der Waals surface area contributed by atoms with Gasteiger partial charge in [0, 0.05) is 12.1 Å². The third kappa shape index (κ3) is 6.27. The summed E-state index contributed by atoms with van der Waals surface area (Å²) in [6, 6.07) is 10.6. The van der Waals surface area contributed by atoms with Crippen LogP contribution in [0.2, 0.25) is 0 Å². The van der Waals surface area contributed by atoms with Crippen LogP contribution in [-0.4, -0.2) is 46.8 Å². The summed E-state index contributed by atoms with van der Waals surface area (Å²) in [5.41, 5.74) is 7.67. The summed E-state index contributed by atoms with van der Waals surface area (Å²) in [5.74, 6) is 2.24. The number of fused-ring (bicyclic) bond motifs is 2. The van der Waals surface area contributed by atoms with Crippen LogP contribution in [0.1, 0.15) is 36.1 Å². The van der Waals surface area contributed by atoms with Crippen LogP contribution in [-0.2, 0) is 19.1 Å². The lowest BCUT2D eigenvalue weighted by Gasteiger charge is -2.15. The fourth-order valence-corrected chi connectivity index (χ4v) is 3.29. The first-order valence-electron chi connectivity index (χ1n) is 10.3. The number of benzene rings is 2. The molecule has 0 radical (unpaired) electrons. The Morgan fingerprint density at radius 2 is 1.33 bits per heavy atom. The highest BCUT2D eigenvalue weighted by Crippen LogP contribution is 2.35. The Balaban J connectivity index is 0.000000186. The van der Waals surface area contributed by atoms with E-state index < -0.39 is 0 Å². The molecule has 4 rings (SSSR count). The van der Waals surface area contributed by atoms with Gasteiger partial charge in [0.1, 0.15) is 0 Å². The average Bonchev–Trinajstić information content (AvgIpc) is 3.50. The third-order valence-electron chi connectivity index (χ3n) is 5.18. The number of carbonyl (C=O) groups is 2. The van der Waals surface area contributed by atoms with Crippen LogP contribution in [0.5, 0.6) is 23.0 Å². The number of esters is 2. The van der Waals surface area contributed by atoms with E-state index in [9.17, 15) is 9.59 Å². The number of rotatable bonds is 7. The van der Waals surface area contributed by atoms with Gasteiger partial charge in [-0.2, -0.15) is 0 Å². The first-order valence-corrected chi connectivity index (χ1v) is 10.3. The quantitative estimate of drug-likeness (QED) is 0.594. The largest absolute Gasteiger partial charge is 0.469 e. The zero-order valence-corrected chi connectivity index (χ0v) is 18.8. The Morgan fingerprint density at radius 3 is 1.88 bits per heavy atom. The van der Waals surface area contributed by atoms with Crippen LogP contribution in [0.4, 0.5) is 0 Å². The molecule has 0 aliphatic carbocycles. The van der Waals surface area contributed by atoms with E-state index in [0.717, 1.165) is 16.9 Å². The number of hydrogen-bond donors (Lipinski definition) is 2. The molecule has 2 aliphatic heterocycles. The Bertz CT molecular complexity index is 981. The summed E-state index contributed by atoms with van der Waals surface area (Å²) >= 11 is 0. The molecule has 33 heavy (non-hydrogen) atoms. The first-order chi connectivity index (χ1) is 15.9. The topological polar surface area (TPSA) is 128 Å². The SMILES string of the molecule is CN[C@@H](CC(=O)OC)c1ccc2c(c1)OCO2.COC(=O)C[C@H](N)c1ccc2c(c1)OCO2. The minimum Gasteiger partial charge on any atom is -0.469 e. The van der Waals surface area contributed by atoms with Gasteiger partial charge in [-0.3, -0.25) is 9.59 Å². The molecule has 0 bridgehead atoms. The Hall–Kier alpha value is -3.50. The lowest BCUT2D eigenvalue weighted by atomic mass is 10.0. The maximum absolute atomic E-state index is 11.3. The highest BCUT2D eigenvalue weighted by molar-refractivity contribution is 5.70. The summed E-state index contributed by atoms with van der Waals surface area (Å²) in [5, 5.41) is 3.08. The van der Waals surface area contributed by atoms with Gasteiger partial charge in [-0.05, 0) is 42.4 Å². The van der Waals surface area contributed by atoms with E-state index in [2.05, 4.69) is 14.8 Å². The molecular formula is C23H28N2O8. The molecule has 2 aromatic carbocycles. The second kappa shape index (κ2) is 11.4. The zero-order chi connectivity index (χ0) is 23.8. The maximum Gasteiger partial charge on any atom is 0.307 e. The average molecular weight is 460 g/mol. The van der Waals surface area contributed by atoms with E-state index in [-0.39, 0.29) is 50.4 Å². The second-order valence-electron chi connectivity index (χ2n) is 7.23. The molecular weight excluding hydrogens is 432 g/mol. The zero-order valence-electron chi connectivity index (χ0n) is 18.8. The van der Waals surface area contributed by atoms with Gasteiger partial charge < -0.3 is 39.5 Å². The summed E-state index contributed by atoms with van der Waals surface area (Å²) in [6.07, 6.45) is 0.433. The molecule has 2 heterocycles. The van der Waals surface area contributed by atoms with Crippen molar-refractivity contribution >= 4 is 11.9 Å². The van der Waals surface area contributed by atoms with E-state index in [1.54, 1.807) is 19.2 Å². The standard InChI is InChI=1S/C12H15NO4.C11H13NO4/c1-13-9(6-12(14)15-2)8-3-4-10-11(5-8)17-7-16-10;1-14-11(13)5-8(12)7-2-3-9-10(4-7)16-6-15-9/h3-5,9,13H,6-7H2,1-2H3;2-4,8H,5-6,12H2,1H3/t9-;8-/m00/s1. The number of hydrogen-bond acceptors (Lipinski definition) is 10. The fourth-order valence-electron chi connectivity index (χ4n) is 3.29. The van der Waals surface area contributed by atoms with Crippen LogP contribution in [0.25, 0.3) is 0 Å². The second-order valence-corrected chi connectivity index (χ2v) is 7.23. The lowest BCUT2D eigenvalue weighted by Crippen LogP contribution is -2.20. The van der Waals surface area contributed by atoms with Crippen LogP contribution in [0, 0.1) is 0 Å². The number of nitrogens with two attached hydrogens (primary N) is 1. The molecule has 2 aliphatic rings. The molecule has 0 amide bonds. The molecule has 0 unspecified atom stereocenters. The van der Waals surface area contributed by atoms with Gasteiger partial charge >= 0.3 is 11.9 Å². The Kier molecular flexibility index (Phi) is 8.34. The highest BCUT2D eigenvalue weighted by atomic mass is 16.7. The number of carbonyl (C=O) groups excluding carboxylic acids is 2. The maximum atomic E-state index is 11.3. The Morgan fingerprint density at radius 1 is 0.848 bits per heavy atom. The monoisotopic (exact) mass is 460 g/mol. The van der Waals surface area contributed by atoms with Crippen LogP contribution in [0.15, 0.2) is 36.4 Å². The fraction of sp³-hybridized carbons (Fsp3) is 0.391. The molecule has 10 nitrogen and oxygen atoms in total. The summed E-state index contributed by atoms with van der Waals surface area (Å²) in [6.45, 7) is 0.477. The van der Waals surface area contributed by atoms with Crippen molar-refractivity contribution in [3.8, 4) is 23.0 Å². The minimum absolute atomic E-state index is 0.0862. The van der Waals surface area contributed by atoms with Crippen molar-refractivity contribution in [2.45, 2.75) is 24.9 Å². The normalized spacial score (nSPS) is 14.5.